The molecule has 17 heavy (non-hydrogen) atoms. The van der Waals surface area contributed by atoms with Crippen molar-refractivity contribution in [1.29, 1.82) is 5.26 Å². The van der Waals surface area contributed by atoms with Crippen molar-refractivity contribution >= 4 is 0 Å². The van der Waals surface area contributed by atoms with Crippen LogP contribution in [0.4, 0.5) is 0 Å². The Morgan fingerprint density at radius 2 is 1.94 bits per heavy atom. The highest BCUT2D eigenvalue weighted by Gasteiger charge is 2.01. The van der Waals surface area contributed by atoms with Gasteiger partial charge in [-0.2, -0.15) is 5.26 Å². The van der Waals surface area contributed by atoms with Crippen molar-refractivity contribution in [2.75, 3.05) is 0 Å². The molecule has 0 aliphatic rings. The first kappa shape index (κ1) is 11.0. The van der Waals surface area contributed by atoms with E-state index in [9.17, 15) is 5.11 Å². The van der Waals surface area contributed by atoms with E-state index in [0.29, 0.717) is 17.9 Å². The number of rotatable bonds is 3. The summed E-state index contributed by atoms with van der Waals surface area (Å²) in [4.78, 5) is 0. The molecule has 0 atom stereocenters. The molecule has 84 valence electrons. The fourth-order valence-corrected chi connectivity index (χ4v) is 1.47. The van der Waals surface area contributed by atoms with Crippen LogP contribution in [0.25, 0.3) is 0 Å². The molecule has 0 aliphatic heterocycles. The summed E-state index contributed by atoms with van der Waals surface area (Å²) in [6.07, 6.45) is 0. The maximum Gasteiger partial charge on any atom is 0.161 e. The number of aromatic hydroxyl groups is 1. The molecule has 3 nitrogen and oxygen atoms in total. The highest BCUT2D eigenvalue weighted by Crippen LogP contribution is 2.25. The molecule has 0 spiro atoms. The fourth-order valence-electron chi connectivity index (χ4n) is 1.47. The van der Waals surface area contributed by atoms with Gasteiger partial charge < -0.3 is 9.84 Å². The van der Waals surface area contributed by atoms with Crippen LogP contribution in [0.3, 0.4) is 0 Å². The van der Waals surface area contributed by atoms with Crippen LogP contribution in [0.2, 0.25) is 0 Å². The quantitative estimate of drug-likeness (QED) is 0.873. The molecule has 0 aliphatic carbocycles. The van der Waals surface area contributed by atoms with Gasteiger partial charge in [-0.05, 0) is 29.8 Å². The molecule has 0 aromatic heterocycles. The van der Waals surface area contributed by atoms with Crippen molar-refractivity contribution in [3.05, 3.63) is 59.7 Å². The van der Waals surface area contributed by atoms with Crippen LogP contribution in [0.15, 0.2) is 48.5 Å². The summed E-state index contributed by atoms with van der Waals surface area (Å²) in [6, 6.07) is 16.1. The number of phenolic OH excluding ortho intramolecular Hbond substituents is 1. The van der Waals surface area contributed by atoms with Gasteiger partial charge in [0, 0.05) is 0 Å². The summed E-state index contributed by atoms with van der Waals surface area (Å²) in [5.74, 6) is 0.554. The van der Waals surface area contributed by atoms with E-state index in [4.69, 9.17) is 10.00 Å². The lowest BCUT2D eigenvalue weighted by atomic mass is 10.1. The summed E-state index contributed by atoms with van der Waals surface area (Å²) < 4.78 is 5.46. The third-order valence-electron chi connectivity index (χ3n) is 2.32. The number of nitrogens with zero attached hydrogens (tertiary/aromatic N) is 1. The van der Waals surface area contributed by atoms with Gasteiger partial charge in [0.2, 0.25) is 0 Å². The molecular weight excluding hydrogens is 214 g/mol. The first-order chi connectivity index (χ1) is 8.29. The minimum absolute atomic E-state index is 0.115. The van der Waals surface area contributed by atoms with Crippen LogP contribution < -0.4 is 4.74 Å². The van der Waals surface area contributed by atoms with Gasteiger partial charge in [-0.3, -0.25) is 0 Å². The maximum atomic E-state index is 9.51. The number of nitriles is 1. The lowest BCUT2D eigenvalue weighted by Crippen LogP contribution is -1.95. The van der Waals surface area contributed by atoms with Gasteiger partial charge in [-0.1, -0.05) is 24.3 Å². The zero-order valence-electron chi connectivity index (χ0n) is 9.13. The van der Waals surface area contributed by atoms with Crippen LogP contribution in [0.1, 0.15) is 11.1 Å². The summed E-state index contributed by atoms with van der Waals surface area (Å²) in [7, 11) is 0. The van der Waals surface area contributed by atoms with Crippen molar-refractivity contribution in [2.45, 2.75) is 6.61 Å². The lowest BCUT2D eigenvalue weighted by molar-refractivity contribution is 0.289. The Kier molecular flexibility index (Phi) is 3.27. The Hall–Kier alpha value is -2.47. The Morgan fingerprint density at radius 3 is 2.71 bits per heavy atom. The van der Waals surface area contributed by atoms with Crippen LogP contribution in [0, 0.1) is 11.3 Å². The molecule has 0 bridgehead atoms. The molecule has 2 aromatic carbocycles. The second-order valence-corrected chi connectivity index (χ2v) is 3.57. The third kappa shape index (κ3) is 2.76. The standard InChI is InChI=1S/C14H11NO2/c15-9-11-4-3-5-12(8-11)10-17-14-7-2-1-6-13(14)16/h1-8,16H,10H2. The molecule has 0 radical (unpaired) electrons. The SMILES string of the molecule is N#Cc1cccc(COc2ccccc2O)c1. The number of hydrogen-bond acceptors (Lipinski definition) is 3. The van der Waals surface area contributed by atoms with Gasteiger partial charge in [0.15, 0.2) is 11.5 Å². The molecule has 0 saturated heterocycles. The number of para-hydroxylation sites is 2. The van der Waals surface area contributed by atoms with Crippen LogP contribution in [0.5, 0.6) is 11.5 Å². The zero-order chi connectivity index (χ0) is 12.1. The van der Waals surface area contributed by atoms with E-state index in [1.807, 2.05) is 12.1 Å². The highest BCUT2D eigenvalue weighted by atomic mass is 16.5. The van der Waals surface area contributed by atoms with Gasteiger partial charge in [0.05, 0.1) is 11.6 Å². The van der Waals surface area contributed by atoms with Gasteiger partial charge in [0.1, 0.15) is 6.61 Å². The van der Waals surface area contributed by atoms with E-state index < -0.39 is 0 Å². The monoisotopic (exact) mass is 225 g/mol. The summed E-state index contributed by atoms with van der Waals surface area (Å²) in [5.41, 5.74) is 1.50. The van der Waals surface area contributed by atoms with Crippen molar-refractivity contribution in [2.24, 2.45) is 0 Å². The molecule has 0 unspecified atom stereocenters. The minimum atomic E-state index is 0.115. The molecule has 2 aromatic rings. The van der Waals surface area contributed by atoms with Gasteiger partial charge >= 0.3 is 0 Å². The predicted molar refractivity (Wildman–Crippen MR) is 63.6 cm³/mol. The number of benzene rings is 2. The Bertz CT molecular complexity index is 558. The normalized spacial score (nSPS) is 9.59. The molecule has 3 heteroatoms. The van der Waals surface area contributed by atoms with E-state index in [-0.39, 0.29) is 5.75 Å². The summed E-state index contributed by atoms with van der Waals surface area (Å²) in [5, 5.41) is 18.3. The van der Waals surface area contributed by atoms with Gasteiger partial charge in [0.25, 0.3) is 0 Å². The third-order valence-corrected chi connectivity index (χ3v) is 2.32. The first-order valence-electron chi connectivity index (χ1n) is 5.19. The molecule has 2 rings (SSSR count). The van der Waals surface area contributed by atoms with E-state index in [1.165, 1.54) is 0 Å². The van der Waals surface area contributed by atoms with Gasteiger partial charge in [-0.15, -0.1) is 0 Å². The van der Waals surface area contributed by atoms with Crippen molar-refractivity contribution in [3.8, 4) is 17.6 Å². The molecule has 0 amide bonds. The lowest BCUT2D eigenvalue weighted by Gasteiger charge is -2.07. The van der Waals surface area contributed by atoms with Gasteiger partial charge in [-0.25, -0.2) is 0 Å². The first-order valence-corrected chi connectivity index (χ1v) is 5.19. The molecule has 0 fully saturated rings. The zero-order valence-corrected chi connectivity index (χ0v) is 9.13. The Labute approximate surface area is 99.5 Å². The van der Waals surface area contributed by atoms with E-state index in [0.717, 1.165) is 5.56 Å². The highest BCUT2D eigenvalue weighted by molar-refractivity contribution is 5.38. The Morgan fingerprint density at radius 1 is 1.12 bits per heavy atom. The van der Waals surface area contributed by atoms with Crippen LogP contribution in [-0.2, 0) is 6.61 Å². The van der Waals surface area contributed by atoms with Crippen molar-refractivity contribution in [3.63, 3.8) is 0 Å². The van der Waals surface area contributed by atoms with Crippen LogP contribution >= 0.6 is 0 Å². The average molecular weight is 225 g/mol. The molecule has 0 heterocycles. The fraction of sp³-hybridized carbons (Fsp3) is 0.0714. The van der Waals surface area contributed by atoms with E-state index in [1.54, 1.807) is 36.4 Å². The number of phenols is 1. The largest absolute Gasteiger partial charge is 0.504 e. The molecule has 0 saturated carbocycles. The van der Waals surface area contributed by atoms with Crippen molar-refractivity contribution < 1.29 is 9.84 Å². The van der Waals surface area contributed by atoms with E-state index >= 15 is 0 Å². The summed E-state index contributed by atoms with van der Waals surface area (Å²) in [6.45, 7) is 0.326. The average Bonchev–Trinajstić information content (AvgIpc) is 2.38. The minimum Gasteiger partial charge on any atom is -0.504 e. The smallest absolute Gasteiger partial charge is 0.161 e. The summed E-state index contributed by atoms with van der Waals surface area (Å²) >= 11 is 0. The Balaban J connectivity index is 2.08. The second-order valence-electron chi connectivity index (χ2n) is 3.57. The maximum absolute atomic E-state index is 9.51. The van der Waals surface area contributed by atoms with Crippen molar-refractivity contribution in [1.82, 2.24) is 0 Å². The second kappa shape index (κ2) is 5.04. The van der Waals surface area contributed by atoms with E-state index in [2.05, 4.69) is 6.07 Å². The number of hydrogen-bond donors (Lipinski definition) is 1. The van der Waals surface area contributed by atoms with Crippen LogP contribution in [-0.4, -0.2) is 5.11 Å². The topological polar surface area (TPSA) is 53.2 Å². The molecule has 1 N–H and O–H groups in total. The predicted octanol–water partition coefficient (Wildman–Crippen LogP) is 2.84. The number of ether oxygens (including phenoxy) is 1. The molecular formula is C14H11NO2.